The molecule has 1 atom stereocenters. The van der Waals surface area contributed by atoms with E-state index < -0.39 is 5.82 Å². The van der Waals surface area contributed by atoms with Crippen LogP contribution in [0.25, 0.3) is 15.3 Å². The maximum Gasteiger partial charge on any atom is 0.226 e. The van der Waals surface area contributed by atoms with Gasteiger partial charge < -0.3 is 10.1 Å². The summed E-state index contributed by atoms with van der Waals surface area (Å²) in [6.07, 6.45) is 0.211. The highest BCUT2D eigenvalue weighted by Crippen LogP contribution is 2.43. The Morgan fingerprint density at radius 3 is 2.94 bits per heavy atom. The summed E-state index contributed by atoms with van der Waals surface area (Å²) in [6.45, 7) is 4.41. The van der Waals surface area contributed by atoms with E-state index in [0.717, 1.165) is 27.2 Å². The summed E-state index contributed by atoms with van der Waals surface area (Å²) in [5, 5.41) is 8.55. The highest BCUT2D eigenvalue weighted by Gasteiger charge is 2.34. The maximum atomic E-state index is 13.6. The number of carbonyl (C=O) groups is 1. The number of hydrogen-bond acceptors (Lipinski definition) is 5. The molecule has 0 unspecified atom stereocenters. The van der Waals surface area contributed by atoms with Gasteiger partial charge in [0.05, 0.1) is 22.5 Å². The SMILES string of the molecule is CCOc1ccc2nc(-n3nc(C)c4c3NC(=O)C[C@H]4c3ccc(F)cc3Cl)sc2c1. The minimum Gasteiger partial charge on any atom is -0.494 e. The first-order valence-corrected chi connectivity index (χ1v) is 11.0. The molecule has 2 aromatic heterocycles. The van der Waals surface area contributed by atoms with Gasteiger partial charge in [0.2, 0.25) is 11.0 Å². The number of fused-ring (bicyclic) bond motifs is 2. The van der Waals surface area contributed by atoms with Gasteiger partial charge in [-0.3, -0.25) is 4.79 Å². The van der Waals surface area contributed by atoms with Crippen LogP contribution >= 0.6 is 22.9 Å². The summed E-state index contributed by atoms with van der Waals surface area (Å²) >= 11 is 7.79. The van der Waals surface area contributed by atoms with Gasteiger partial charge in [-0.1, -0.05) is 29.0 Å². The minimum absolute atomic E-state index is 0.154. The highest BCUT2D eigenvalue weighted by molar-refractivity contribution is 7.20. The monoisotopic (exact) mass is 456 g/mol. The fourth-order valence-corrected chi connectivity index (χ4v) is 5.23. The van der Waals surface area contributed by atoms with Crippen molar-refractivity contribution in [1.82, 2.24) is 14.8 Å². The second-order valence-corrected chi connectivity index (χ2v) is 8.71. The predicted octanol–water partition coefficient (Wildman–Crippen LogP) is 5.46. The third-order valence-corrected chi connectivity index (χ3v) is 6.60. The lowest BCUT2D eigenvalue weighted by Crippen LogP contribution is -2.25. The van der Waals surface area contributed by atoms with Gasteiger partial charge in [-0.05, 0) is 49.7 Å². The van der Waals surface area contributed by atoms with E-state index in [0.29, 0.717) is 28.1 Å². The Hall–Kier alpha value is -2.97. The van der Waals surface area contributed by atoms with Crippen LogP contribution < -0.4 is 10.1 Å². The summed E-state index contributed by atoms with van der Waals surface area (Å²) in [7, 11) is 0. The fraction of sp³-hybridized carbons (Fsp3) is 0.227. The van der Waals surface area contributed by atoms with Crippen LogP contribution in [0.3, 0.4) is 0 Å². The lowest BCUT2D eigenvalue weighted by atomic mass is 9.86. The predicted molar refractivity (Wildman–Crippen MR) is 119 cm³/mol. The molecule has 4 aromatic rings. The molecule has 0 saturated carbocycles. The minimum atomic E-state index is -0.414. The van der Waals surface area contributed by atoms with E-state index in [1.54, 1.807) is 10.7 Å². The number of carbonyl (C=O) groups excluding carboxylic acids is 1. The second kappa shape index (κ2) is 7.62. The number of benzene rings is 2. The van der Waals surface area contributed by atoms with Gasteiger partial charge in [0.1, 0.15) is 17.4 Å². The largest absolute Gasteiger partial charge is 0.494 e. The Kier molecular flexibility index (Phi) is 4.91. The van der Waals surface area contributed by atoms with E-state index in [1.165, 1.54) is 23.5 Å². The summed E-state index contributed by atoms with van der Waals surface area (Å²) in [6, 6.07) is 10.00. The van der Waals surface area contributed by atoms with E-state index in [9.17, 15) is 9.18 Å². The fourth-order valence-electron chi connectivity index (χ4n) is 3.98. The number of halogens is 2. The lowest BCUT2D eigenvalue weighted by Gasteiger charge is -2.24. The summed E-state index contributed by atoms with van der Waals surface area (Å²) in [5.74, 6) is 0.470. The Morgan fingerprint density at radius 2 is 2.16 bits per heavy atom. The topological polar surface area (TPSA) is 69.0 Å². The van der Waals surface area contributed by atoms with Crippen LogP contribution in [0.4, 0.5) is 10.2 Å². The van der Waals surface area contributed by atoms with Gasteiger partial charge in [0.15, 0.2) is 0 Å². The van der Waals surface area contributed by atoms with Crippen LogP contribution in [0.5, 0.6) is 5.75 Å². The van der Waals surface area contributed by atoms with Crippen molar-refractivity contribution < 1.29 is 13.9 Å². The van der Waals surface area contributed by atoms with Crippen molar-refractivity contribution in [2.45, 2.75) is 26.2 Å². The molecule has 3 heterocycles. The summed E-state index contributed by atoms with van der Waals surface area (Å²) in [4.78, 5) is 17.3. The summed E-state index contributed by atoms with van der Waals surface area (Å²) in [5.41, 5.74) is 3.15. The molecule has 0 radical (unpaired) electrons. The first kappa shape index (κ1) is 20.0. The van der Waals surface area contributed by atoms with Gasteiger partial charge in [-0.25, -0.2) is 9.37 Å². The second-order valence-electron chi connectivity index (χ2n) is 7.29. The van der Waals surface area contributed by atoms with Gasteiger partial charge in [0, 0.05) is 22.9 Å². The number of thiazole rings is 1. The van der Waals surface area contributed by atoms with Gasteiger partial charge in [-0.15, -0.1) is 0 Å². The van der Waals surface area contributed by atoms with Crippen molar-refractivity contribution in [3.8, 4) is 10.9 Å². The normalized spacial score (nSPS) is 15.7. The molecule has 31 heavy (non-hydrogen) atoms. The van der Waals surface area contributed by atoms with Crippen LogP contribution in [-0.4, -0.2) is 27.3 Å². The van der Waals surface area contributed by atoms with Gasteiger partial charge in [-0.2, -0.15) is 9.78 Å². The molecule has 6 nitrogen and oxygen atoms in total. The Balaban J connectivity index is 1.63. The quantitative estimate of drug-likeness (QED) is 0.443. The van der Waals surface area contributed by atoms with Crippen molar-refractivity contribution in [1.29, 1.82) is 0 Å². The third kappa shape index (κ3) is 3.45. The standard InChI is InChI=1S/C22H18ClFN4O2S/c1-3-30-13-5-7-17-18(9-13)31-22(25-17)28-21-20(11(2)27-28)15(10-19(29)26-21)14-6-4-12(24)8-16(14)23/h4-9,15H,3,10H2,1-2H3,(H,26,29)/t15-/m0/s1. The zero-order chi connectivity index (χ0) is 21.7. The first-order chi connectivity index (χ1) is 14.9. The number of aromatic nitrogens is 3. The molecule has 0 spiro atoms. The first-order valence-electron chi connectivity index (χ1n) is 9.82. The van der Waals surface area contributed by atoms with Crippen LogP contribution in [0.15, 0.2) is 36.4 Å². The molecule has 1 amide bonds. The van der Waals surface area contributed by atoms with Crippen LogP contribution in [0, 0.1) is 12.7 Å². The zero-order valence-corrected chi connectivity index (χ0v) is 18.4. The molecular formula is C22H18ClFN4O2S. The highest BCUT2D eigenvalue weighted by atomic mass is 35.5. The van der Waals surface area contributed by atoms with E-state index in [4.69, 9.17) is 21.3 Å². The van der Waals surface area contributed by atoms with Crippen molar-refractivity contribution in [2.75, 3.05) is 11.9 Å². The van der Waals surface area contributed by atoms with E-state index in [-0.39, 0.29) is 18.2 Å². The molecule has 9 heteroatoms. The molecule has 1 N–H and O–H groups in total. The number of ether oxygens (including phenoxy) is 1. The van der Waals surface area contributed by atoms with Crippen LogP contribution in [0.1, 0.15) is 36.1 Å². The van der Waals surface area contributed by atoms with Crippen molar-refractivity contribution in [3.63, 3.8) is 0 Å². The third-order valence-electron chi connectivity index (χ3n) is 5.28. The van der Waals surface area contributed by atoms with Crippen molar-refractivity contribution >= 4 is 44.9 Å². The molecule has 158 valence electrons. The number of hydrogen-bond donors (Lipinski definition) is 1. The number of rotatable bonds is 4. The number of nitrogens with one attached hydrogen (secondary N) is 1. The number of nitrogens with zero attached hydrogens (tertiary/aromatic N) is 3. The Morgan fingerprint density at radius 1 is 1.32 bits per heavy atom. The van der Waals surface area contributed by atoms with E-state index in [1.807, 2.05) is 32.0 Å². The molecule has 0 fully saturated rings. The Bertz CT molecular complexity index is 1330. The number of anilines is 1. The number of amides is 1. The van der Waals surface area contributed by atoms with Crippen molar-refractivity contribution in [2.24, 2.45) is 0 Å². The zero-order valence-electron chi connectivity index (χ0n) is 16.8. The van der Waals surface area contributed by atoms with Gasteiger partial charge in [0.25, 0.3) is 0 Å². The molecule has 5 rings (SSSR count). The van der Waals surface area contributed by atoms with Gasteiger partial charge >= 0.3 is 0 Å². The molecule has 0 bridgehead atoms. The average molecular weight is 457 g/mol. The van der Waals surface area contributed by atoms with E-state index in [2.05, 4.69) is 10.4 Å². The summed E-state index contributed by atoms with van der Waals surface area (Å²) < 4.78 is 21.8. The molecule has 1 aliphatic rings. The molecule has 2 aromatic carbocycles. The van der Waals surface area contributed by atoms with Crippen LogP contribution in [-0.2, 0) is 4.79 Å². The van der Waals surface area contributed by atoms with E-state index >= 15 is 0 Å². The van der Waals surface area contributed by atoms with Crippen LogP contribution in [0.2, 0.25) is 5.02 Å². The van der Waals surface area contributed by atoms with Crippen molar-refractivity contribution in [3.05, 3.63) is 64.1 Å². The number of aryl methyl sites for hydroxylation is 1. The maximum absolute atomic E-state index is 13.6. The molecular weight excluding hydrogens is 439 g/mol. The molecule has 0 saturated heterocycles. The average Bonchev–Trinajstić information content (AvgIpc) is 3.28. The lowest BCUT2D eigenvalue weighted by molar-refractivity contribution is -0.116. The Labute approximate surface area is 186 Å². The smallest absolute Gasteiger partial charge is 0.226 e. The molecule has 0 aliphatic carbocycles. The molecule has 1 aliphatic heterocycles.